The second-order valence-corrected chi connectivity index (χ2v) is 3.63. The Morgan fingerprint density at radius 3 is 3.08 bits per heavy atom. The van der Waals surface area contributed by atoms with Gasteiger partial charge in [0, 0.05) is 18.2 Å². The van der Waals surface area contributed by atoms with Gasteiger partial charge in [0.05, 0.1) is 10.7 Å². The van der Waals surface area contributed by atoms with Gasteiger partial charge in [0.2, 0.25) is 0 Å². The Morgan fingerprint density at radius 1 is 1.83 bits per heavy atom. The van der Waals surface area contributed by atoms with Crippen molar-refractivity contribution in [2.24, 2.45) is 0 Å². The van der Waals surface area contributed by atoms with E-state index in [1.54, 1.807) is 17.4 Å². The van der Waals surface area contributed by atoms with Crippen LogP contribution in [0.1, 0.15) is 17.1 Å². The molecule has 0 aliphatic carbocycles. The SMILES string of the molecule is C=CCC(=O)Cc1csc(C)n1. The van der Waals surface area contributed by atoms with Gasteiger partial charge in [-0.1, -0.05) is 6.08 Å². The highest BCUT2D eigenvalue weighted by Gasteiger charge is 2.03. The molecule has 2 nitrogen and oxygen atoms in total. The molecule has 0 aromatic carbocycles. The third kappa shape index (κ3) is 2.58. The van der Waals surface area contributed by atoms with E-state index in [4.69, 9.17) is 0 Å². The fraction of sp³-hybridized carbons (Fsp3) is 0.333. The van der Waals surface area contributed by atoms with Crippen molar-refractivity contribution in [1.82, 2.24) is 4.98 Å². The molecule has 0 unspecified atom stereocenters. The maximum absolute atomic E-state index is 11.1. The number of ketones is 1. The lowest BCUT2D eigenvalue weighted by atomic mass is 10.2. The van der Waals surface area contributed by atoms with Crippen LogP contribution in [0.2, 0.25) is 0 Å². The fourth-order valence-corrected chi connectivity index (χ4v) is 1.54. The number of carbonyl (C=O) groups is 1. The first kappa shape index (κ1) is 9.13. The Morgan fingerprint density at radius 2 is 2.58 bits per heavy atom. The summed E-state index contributed by atoms with van der Waals surface area (Å²) in [5.74, 6) is 0.176. The first-order valence-electron chi connectivity index (χ1n) is 3.76. The van der Waals surface area contributed by atoms with E-state index in [1.807, 2.05) is 12.3 Å². The van der Waals surface area contributed by atoms with Crippen LogP contribution >= 0.6 is 11.3 Å². The molecule has 0 radical (unpaired) electrons. The van der Waals surface area contributed by atoms with Crippen LogP contribution in [0.3, 0.4) is 0 Å². The highest BCUT2D eigenvalue weighted by atomic mass is 32.1. The molecule has 0 bridgehead atoms. The topological polar surface area (TPSA) is 30.0 Å². The minimum absolute atomic E-state index is 0.176. The molecule has 0 N–H and O–H groups in total. The molecule has 0 atom stereocenters. The van der Waals surface area contributed by atoms with E-state index in [9.17, 15) is 4.79 Å². The zero-order valence-electron chi connectivity index (χ0n) is 7.04. The molecule has 0 aliphatic rings. The van der Waals surface area contributed by atoms with Crippen LogP contribution in [0.4, 0.5) is 0 Å². The van der Waals surface area contributed by atoms with E-state index in [0.29, 0.717) is 12.8 Å². The Kier molecular flexibility index (Phi) is 3.17. The standard InChI is InChI=1S/C9H11NOS/c1-3-4-9(11)5-8-6-12-7(2)10-8/h3,6H,1,4-5H2,2H3. The molecule has 0 saturated carbocycles. The summed E-state index contributed by atoms with van der Waals surface area (Å²) in [6, 6.07) is 0. The van der Waals surface area contributed by atoms with Crippen LogP contribution in [0.25, 0.3) is 0 Å². The van der Waals surface area contributed by atoms with Gasteiger partial charge in [0.1, 0.15) is 5.78 Å². The van der Waals surface area contributed by atoms with Crippen molar-refractivity contribution in [3.05, 3.63) is 28.7 Å². The predicted molar refractivity (Wildman–Crippen MR) is 50.4 cm³/mol. The summed E-state index contributed by atoms with van der Waals surface area (Å²) in [5.41, 5.74) is 0.879. The zero-order chi connectivity index (χ0) is 8.97. The third-order valence-corrected chi connectivity index (χ3v) is 2.24. The van der Waals surface area contributed by atoms with Gasteiger partial charge in [-0.15, -0.1) is 17.9 Å². The highest BCUT2D eigenvalue weighted by molar-refractivity contribution is 7.09. The maximum Gasteiger partial charge on any atom is 0.142 e. The number of nitrogens with zero attached hydrogens (tertiary/aromatic N) is 1. The minimum Gasteiger partial charge on any atom is -0.299 e. The molecule has 0 aliphatic heterocycles. The summed E-state index contributed by atoms with van der Waals surface area (Å²) >= 11 is 1.58. The van der Waals surface area contributed by atoms with Crippen LogP contribution in [0, 0.1) is 6.92 Å². The van der Waals surface area contributed by atoms with E-state index in [0.717, 1.165) is 10.7 Å². The van der Waals surface area contributed by atoms with Gasteiger partial charge < -0.3 is 0 Å². The van der Waals surface area contributed by atoms with Gasteiger partial charge in [0.25, 0.3) is 0 Å². The van der Waals surface area contributed by atoms with Gasteiger partial charge in [-0.05, 0) is 6.92 Å². The Hall–Kier alpha value is -0.960. The normalized spacial score (nSPS) is 9.75. The molecule has 0 saturated heterocycles. The molecule has 3 heteroatoms. The van der Waals surface area contributed by atoms with Crippen molar-refractivity contribution in [3.8, 4) is 0 Å². The first-order chi connectivity index (χ1) is 5.72. The minimum atomic E-state index is 0.176. The van der Waals surface area contributed by atoms with Gasteiger partial charge in [-0.3, -0.25) is 4.79 Å². The maximum atomic E-state index is 11.1. The molecule has 64 valence electrons. The summed E-state index contributed by atoms with van der Waals surface area (Å²) in [5, 5.41) is 2.94. The molecular weight excluding hydrogens is 170 g/mol. The van der Waals surface area contributed by atoms with Crippen LogP contribution in [0.15, 0.2) is 18.0 Å². The number of thiazole rings is 1. The van der Waals surface area contributed by atoms with E-state index in [-0.39, 0.29) is 5.78 Å². The molecule has 1 aromatic heterocycles. The molecule has 12 heavy (non-hydrogen) atoms. The molecule has 0 spiro atoms. The van der Waals surface area contributed by atoms with Crippen molar-refractivity contribution in [2.75, 3.05) is 0 Å². The molecule has 1 aromatic rings. The average Bonchev–Trinajstić information content (AvgIpc) is 2.36. The van der Waals surface area contributed by atoms with Crippen molar-refractivity contribution in [2.45, 2.75) is 19.8 Å². The second kappa shape index (κ2) is 4.16. The van der Waals surface area contributed by atoms with E-state index in [2.05, 4.69) is 11.6 Å². The number of hydrogen-bond acceptors (Lipinski definition) is 3. The highest BCUT2D eigenvalue weighted by Crippen LogP contribution is 2.09. The lowest BCUT2D eigenvalue weighted by Crippen LogP contribution is -2.00. The molecule has 1 rings (SSSR count). The van der Waals surface area contributed by atoms with Crippen molar-refractivity contribution in [3.63, 3.8) is 0 Å². The number of allylic oxidation sites excluding steroid dienone is 1. The molecular formula is C9H11NOS. The summed E-state index contributed by atoms with van der Waals surface area (Å²) < 4.78 is 0. The second-order valence-electron chi connectivity index (χ2n) is 2.57. The van der Waals surface area contributed by atoms with Crippen molar-refractivity contribution >= 4 is 17.1 Å². The zero-order valence-corrected chi connectivity index (χ0v) is 7.86. The van der Waals surface area contributed by atoms with Crippen molar-refractivity contribution < 1.29 is 4.79 Å². The van der Waals surface area contributed by atoms with Crippen LogP contribution in [-0.4, -0.2) is 10.8 Å². The number of rotatable bonds is 4. The number of Topliss-reactive ketones (excluding diaryl/α,β-unsaturated/α-hetero) is 1. The Balaban J connectivity index is 2.52. The van der Waals surface area contributed by atoms with Gasteiger partial charge in [-0.2, -0.15) is 0 Å². The lowest BCUT2D eigenvalue weighted by molar-refractivity contribution is -0.117. The Labute approximate surface area is 76.0 Å². The fourth-order valence-electron chi connectivity index (χ4n) is 0.925. The number of aromatic nitrogens is 1. The predicted octanol–water partition coefficient (Wildman–Crippen LogP) is 2.14. The summed E-state index contributed by atoms with van der Waals surface area (Å²) in [4.78, 5) is 15.3. The molecule has 0 amide bonds. The number of hydrogen-bond donors (Lipinski definition) is 0. The van der Waals surface area contributed by atoms with E-state index in [1.165, 1.54) is 0 Å². The lowest BCUT2D eigenvalue weighted by Gasteiger charge is -1.91. The van der Waals surface area contributed by atoms with E-state index >= 15 is 0 Å². The number of aryl methyl sites for hydroxylation is 1. The summed E-state index contributed by atoms with van der Waals surface area (Å²) in [6.07, 6.45) is 2.51. The van der Waals surface area contributed by atoms with Crippen LogP contribution in [-0.2, 0) is 11.2 Å². The van der Waals surface area contributed by atoms with Crippen LogP contribution < -0.4 is 0 Å². The van der Waals surface area contributed by atoms with Gasteiger partial charge in [-0.25, -0.2) is 4.98 Å². The van der Waals surface area contributed by atoms with E-state index < -0.39 is 0 Å². The van der Waals surface area contributed by atoms with Crippen molar-refractivity contribution in [1.29, 1.82) is 0 Å². The first-order valence-corrected chi connectivity index (χ1v) is 4.64. The van der Waals surface area contributed by atoms with Crippen LogP contribution in [0.5, 0.6) is 0 Å². The third-order valence-electron chi connectivity index (χ3n) is 1.42. The Bertz CT molecular complexity index is 290. The van der Waals surface area contributed by atoms with Gasteiger partial charge >= 0.3 is 0 Å². The quantitative estimate of drug-likeness (QED) is 0.666. The smallest absolute Gasteiger partial charge is 0.142 e. The number of carbonyl (C=O) groups excluding carboxylic acids is 1. The average molecular weight is 181 g/mol. The summed E-state index contributed by atoms with van der Waals surface area (Å²) in [7, 11) is 0. The van der Waals surface area contributed by atoms with Gasteiger partial charge in [0.15, 0.2) is 0 Å². The molecule has 1 heterocycles. The molecule has 0 fully saturated rings. The largest absolute Gasteiger partial charge is 0.299 e. The summed E-state index contributed by atoms with van der Waals surface area (Å²) in [6.45, 7) is 5.45. The monoisotopic (exact) mass is 181 g/mol.